The summed E-state index contributed by atoms with van der Waals surface area (Å²) in [5.74, 6) is 4.12. The number of carbonyl (C=O) groups is 3. The van der Waals surface area contributed by atoms with Gasteiger partial charge in [-0.05, 0) is 348 Å². The molecule has 0 bridgehead atoms. The Kier molecular flexibility index (Phi) is 159. The number of primary amides is 1. The highest BCUT2D eigenvalue weighted by Crippen LogP contribution is 2.26. The summed E-state index contributed by atoms with van der Waals surface area (Å²) in [5, 5.41) is 32.8. The molecule has 2 amide bonds. The Balaban J connectivity index is -0.000000127. The number of rotatable bonds is 20. The summed E-state index contributed by atoms with van der Waals surface area (Å²) in [6.07, 6.45) is 72.8. The number of H-pyrrole nitrogens is 2. The number of aromatic nitrogens is 4. The Bertz CT molecular complexity index is 1860. The van der Waals surface area contributed by atoms with Gasteiger partial charge in [-0.2, -0.15) is 10.2 Å². The number of unbranched alkanes of at least 4 members (excludes halogenated alkanes) is 9. The van der Waals surface area contributed by atoms with Crippen molar-refractivity contribution in [2.75, 3.05) is 210 Å². The van der Waals surface area contributed by atoms with Crippen LogP contribution < -0.4 is 43.0 Å². The first-order valence-electron chi connectivity index (χ1n) is 54.2. The fourth-order valence-electron chi connectivity index (χ4n) is 12.0. The first-order valence-corrected chi connectivity index (χ1v) is 54.2. The van der Waals surface area contributed by atoms with E-state index in [0.29, 0.717) is 19.3 Å². The smallest absolute Gasteiger partial charge is 0.219 e. The van der Waals surface area contributed by atoms with E-state index in [1.165, 1.54) is 359 Å². The minimum absolute atomic E-state index is 0.127. The van der Waals surface area contributed by atoms with Gasteiger partial charge in [0.15, 0.2) is 0 Å². The van der Waals surface area contributed by atoms with Crippen molar-refractivity contribution < 1.29 is 14.4 Å². The molecule has 2 aromatic heterocycles. The molecule has 0 aromatic carbocycles. The lowest BCUT2D eigenvalue weighted by molar-refractivity contribution is -0.120. The van der Waals surface area contributed by atoms with E-state index in [0.717, 1.165) is 75.4 Å². The quantitative estimate of drug-likeness (QED) is 0.0438. The van der Waals surface area contributed by atoms with Crippen LogP contribution >= 0.6 is 0 Å². The molecule has 11 N–H and O–H groups in total. The maximum absolute atomic E-state index is 10.3. The molecule has 8 heterocycles. The molecule has 130 heavy (non-hydrogen) atoms. The van der Waals surface area contributed by atoms with Crippen molar-refractivity contribution in [3.63, 3.8) is 0 Å². The summed E-state index contributed by atoms with van der Waals surface area (Å²) in [4.78, 5) is 43.7. The second-order valence-electron chi connectivity index (χ2n) is 37.2. The number of nitrogens with zero attached hydrogens (tertiary/aromatic N) is 8. The SMILES string of the molecule is CC1CCC1.CC1CCC1.CC1CCCCC1.CC1CCCCC1.CCCC(=O)NC.CCCC(N)=O.CCCC=O.CCCCCC.CCCCCC.CCCCNC.CCCCNC.CCNC.CCNC.CN1CCC1.CN1CCC1.CN1CCCCC1.CN1CCCCC1.CN1CCCCC1.CN1CCCCC1.CNC.CNC.Cc1cn[nH]c1.Cc1cn[nH]c1. The third-order valence-electron chi connectivity index (χ3n) is 22.2. The van der Waals surface area contributed by atoms with Crippen molar-refractivity contribution in [3.05, 3.63) is 35.9 Å². The highest BCUT2D eigenvalue weighted by molar-refractivity contribution is 5.75. The lowest BCUT2D eigenvalue weighted by Crippen LogP contribution is -2.32. The van der Waals surface area contributed by atoms with Crippen LogP contribution in [0.2, 0.25) is 0 Å². The van der Waals surface area contributed by atoms with Crippen LogP contribution in [0.25, 0.3) is 0 Å². The number of carbonyl (C=O) groups excluding carboxylic acids is 3. The van der Waals surface area contributed by atoms with E-state index in [4.69, 9.17) is 5.73 Å². The molecule has 6 saturated heterocycles. The predicted octanol–water partition coefficient (Wildman–Crippen LogP) is 24.4. The molecular formula is C109H244N18O3. The van der Waals surface area contributed by atoms with Gasteiger partial charge >= 0.3 is 0 Å². The summed E-state index contributed by atoms with van der Waals surface area (Å²) in [6, 6.07) is 0. The summed E-state index contributed by atoms with van der Waals surface area (Å²) >= 11 is 0. The lowest BCUT2D eigenvalue weighted by atomic mass is 9.88. The van der Waals surface area contributed by atoms with Crippen molar-refractivity contribution >= 4 is 18.1 Å². The fourth-order valence-corrected chi connectivity index (χ4v) is 12.0. The second-order valence-corrected chi connectivity index (χ2v) is 37.2. The van der Waals surface area contributed by atoms with Crippen molar-refractivity contribution in [1.29, 1.82) is 0 Å². The molecule has 788 valence electrons. The zero-order chi connectivity index (χ0) is 101. The number of piperidine rings is 4. The fraction of sp³-hybridized carbons (Fsp3) is 0.917. The van der Waals surface area contributed by atoms with Gasteiger partial charge in [0.05, 0.1) is 12.4 Å². The molecule has 0 unspecified atom stereocenters. The number of likely N-dealkylation sites (tertiary alicyclic amines) is 6. The van der Waals surface area contributed by atoms with Crippen molar-refractivity contribution in [1.82, 2.24) is 87.0 Å². The Labute approximate surface area is 816 Å². The van der Waals surface area contributed by atoms with Crippen LogP contribution in [0.4, 0.5) is 0 Å². The highest BCUT2D eigenvalue weighted by Gasteiger charge is 2.12. The molecule has 4 aliphatic carbocycles. The van der Waals surface area contributed by atoms with Gasteiger partial charge in [0, 0.05) is 38.7 Å². The average molecular weight is 1860 g/mol. The third-order valence-corrected chi connectivity index (χ3v) is 22.2. The predicted molar refractivity (Wildman–Crippen MR) is 587 cm³/mol. The van der Waals surface area contributed by atoms with E-state index in [2.05, 4.69) is 212 Å². The van der Waals surface area contributed by atoms with Crippen LogP contribution in [0, 0.1) is 37.5 Å². The Morgan fingerprint density at radius 2 is 0.562 bits per heavy atom. The van der Waals surface area contributed by atoms with Crippen LogP contribution in [0.5, 0.6) is 0 Å². The van der Waals surface area contributed by atoms with Crippen LogP contribution in [0.1, 0.15) is 423 Å². The largest absolute Gasteiger partial charge is 0.370 e. The number of hydrogen-bond donors (Lipinski definition) is 10. The minimum atomic E-state index is -0.211. The molecular weight excluding hydrogens is 1610 g/mol. The molecule has 21 nitrogen and oxygen atoms in total. The first kappa shape index (κ1) is 149. The highest BCUT2D eigenvalue weighted by atomic mass is 16.2. The Hall–Kier alpha value is -3.45. The average Bonchev–Trinajstić information content (AvgIpc) is 1.18. The van der Waals surface area contributed by atoms with Gasteiger partial charge in [0.1, 0.15) is 6.29 Å². The topological polar surface area (TPSA) is 238 Å². The summed E-state index contributed by atoms with van der Waals surface area (Å²) < 4.78 is 0. The van der Waals surface area contributed by atoms with E-state index in [1.807, 2.05) is 103 Å². The van der Waals surface area contributed by atoms with Gasteiger partial charge in [-0.1, -0.05) is 296 Å². The number of aryl methyl sites for hydroxylation is 2. The number of nitrogens with two attached hydrogens (primary N) is 1. The first-order chi connectivity index (χ1) is 62.5. The van der Waals surface area contributed by atoms with Gasteiger partial charge in [0.25, 0.3) is 0 Å². The zero-order valence-corrected chi connectivity index (χ0v) is 94.3. The van der Waals surface area contributed by atoms with Crippen molar-refractivity contribution in [2.45, 2.75) is 426 Å². The number of nitrogens with one attached hydrogen (secondary N) is 9. The van der Waals surface area contributed by atoms with E-state index in [9.17, 15) is 14.4 Å². The summed E-state index contributed by atoms with van der Waals surface area (Å²) in [7, 11) is 30.0. The summed E-state index contributed by atoms with van der Waals surface area (Å²) in [5.41, 5.74) is 7.12. The maximum Gasteiger partial charge on any atom is 0.219 e. The Morgan fingerprint density at radius 3 is 0.623 bits per heavy atom. The molecule has 21 heteroatoms. The van der Waals surface area contributed by atoms with Crippen molar-refractivity contribution in [3.8, 4) is 0 Å². The van der Waals surface area contributed by atoms with Gasteiger partial charge in [0.2, 0.25) is 11.8 Å². The van der Waals surface area contributed by atoms with Gasteiger partial charge in [-0.15, -0.1) is 0 Å². The van der Waals surface area contributed by atoms with Crippen LogP contribution in [-0.2, 0) is 14.4 Å². The number of aldehydes is 1. The van der Waals surface area contributed by atoms with Crippen LogP contribution in [0.15, 0.2) is 24.8 Å². The molecule has 12 rings (SSSR count). The van der Waals surface area contributed by atoms with Crippen molar-refractivity contribution in [2.24, 2.45) is 29.4 Å². The van der Waals surface area contributed by atoms with E-state index >= 15 is 0 Å². The van der Waals surface area contributed by atoms with Gasteiger partial charge < -0.3 is 77.1 Å². The molecule has 0 radical (unpaired) electrons. The van der Waals surface area contributed by atoms with E-state index < -0.39 is 0 Å². The number of hydrogen-bond acceptors (Lipinski definition) is 17. The zero-order valence-electron chi connectivity index (χ0n) is 94.3. The molecule has 2 aromatic rings. The standard InChI is InChI=1S/2C7H14.4C6H13N.2C6H14.C5H11NO.2C5H13N.2C5H10.2C4H6N2.C4H9NO.2C4H9N.C4H8O.2C3H9N.2C2H7N/c6*1-7-5-3-2-4-6-7;2*1-3-5-6-4-2;1-3-4-5(7)6-2;2*1-3-4-5-6-2;2*1-5-3-2-4-5;2*1-4-2-5-6-3-4;1-2-3-4(5)6;2*1-5-3-2-4-5;1-2-3-4-5;2*1-3-4-2;2*1-3-2/h2*7H,2-6H2,1H3;4*2-6H2,1H3;2*3-6H2,1-2H3;3-4H2,1-2H3,(H,6,7);2*6H,3-5H2,1-2H3;2*5H,2-4H2,1H3;2*2-3H,1H3,(H,5,6);2-3H2,1H3,(H2,5,6);2*2-4H2,1H3;4H,2-3H2,1H3;2*4H,3H2,1-2H3;2*3H,1-2H3. The third kappa shape index (κ3) is 167. The Morgan fingerprint density at radius 1 is 0.338 bits per heavy atom. The second kappa shape index (κ2) is 139. The van der Waals surface area contributed by atoms with Gasteiger partial charge in [-0.3, -0.25) is 19.8 Å². The number of aromatic amines is 2. The molecule has 10 fully saturated rings. The molecule has 10 aliphatic rings. The molecule has 0 atom stereocenters. The van der Waals surface area contributed by atoms with Crippen LogP contribution in [-0.4, -0.2) is 278 Å². The number of amides is 2. The minimum Gasteiger partial charge on any atom is -0.370 e. The van der Waals surface area contributed by atoms with E-state index in [-0.39, 0.29) is 11.8 Å². The molecule has 6 aliphatic heterocycles. The summed E-state index contributed by atoms with van der Waals surface area (Å²) in [6.45, 7) is 56.9. The normalized spacial score (nSPS) is 16.5. The lowest BCUT2D eigenvalue weighted by Gasteiger charge is -2.24. The van der Waals surface area contributed by atoms with Crippen LogP contribution in [0.3, 0.4) is 0 Å². The monoisotopic (exact) mass is 1850 g/mol. The van der Waals surface area contributed by atoms with Gasteiger partial charge in [-0.25, -0.2) is 0 Å². The maximum atomic E-state index is 10.3. The molecule has 0 spiro atoms. The molecule has 4 saturated carbocycles. The van der Waals surface area contributed by atoms with E-state index in [1.54, 1.807) is 19.4 Å².